The Hall–Kier alpha value is -2.18. The van der Waals surface area contributed by atoms with Crippen molar-refractivity contribution in [1.82, 2.24) is 4.90 Å². The molecule has 0 radical (unpaired) electrons. The van der Waals surface area contributed by atoms with E-state index in [2.05, 4.69) is 42.2 Å². The molecular weight excluding hydrogens is 359 g/mol. The van der Waals surface area contributed by atoms with E-state index >= 15 is 0 Å². The number of nitriles is 1. The largest absolute Gasteiger partial charge is 0.303 e. The van der Waals surface area contributed by atoms with Crippen molar-refractivity contribution in [2.75, 3.05) is 19.6 Å². The van der Waals surface area contributed by atoms with Crippen LogP contribution in [0.4, 0.5) is 4.39 Å². The number of halogens is 1. The lowest BCUT2D eigenvalue weighted by atomic mass is 9.67. The van der Waals surface area contributed by atoms with Crippen LogP contribution in [-0.4, -0.2) is 24.5 Å². The lowest BCUT2D eigenvalue weighted by Gasteiger charge is -2.34. The molecular formula is C26H33FN2. The third kappa shape index (κ3) is 5.25. The van der Waals surface area contributed by atoms with E-state index in [1.165, 1.54) is 11.6 Å². The molecule has 1 unspecified atom stereocenters. The molecule has 2 nitrogen and oxygen atoms in total. The minimum atomic E-state index is -0.694. The van der Waals surface area contributed by atoms with Crippen molar-refractivity contribution in [3.63, 3.8) is 0 Å². The average molecular weight is 393 g/mol. The lowest BCUT2D eigenvalue weighted by Crippen LogP contribution is -2.35. The van der Waals surface area contributed by atoms with Gasteiger partial charge in [0, 0.05) is 12.1 Å². The van der Waals surface area contributed by atoms with Gasteiger partial charge in [-0.2, -0.15) is 5.26 Å². The Balaban J connectivity index is 1.66. The van der Waals surface area contributed by atoms with E-state index in [1.54, 1.807) is 6.07 Å². The van der Waals surface area contributed by atoms with Gasteiger partial charge in [0.05, 0.1) is 11.5 Å². The summed E-state index contributed by atoms with van der Waals surface area (Å²) in [4.78, 5) is 2.45. The number of hydrogen-bond acceptors (Lipinski definition) is 2. The molecule has 3 heteroatoms. The fraction of sp³-hybridized carbons (Fsp3) is 0.500. The highest BCUT2D eigenvalue weighted by Crippen LogP contribution is 2.45. The maximum atomic E-state index is 14.7. The van der Waals surface area contributed by atoms with Crippen LogP contribution in [0.5, 0.6) is 0 Å². The molecule has 0 bridgehead atoms. The average Bonchev–Trinajstić information content (AvgIpc) is 3.30. The van der Waals surface area contributed by atoms with Crippen LogP contribution in [0.2, 0.25) is 0 Å². The van der Waals surface area contributed by atoms with Crippen LogP contribution in [0.15, 0.2) is 54.6 Å². The summed E-state index contributed by atoms with van der Waals surface area (Å²) in [5, 5.41) is 10.3. The maximum Gasteiger partial charge on any atom is 0.128 e. The van der Waals surface area contributed by atoms with E-state index in [0.29, 0.717) is 5.56 Å². The van der Waals surface area contributed by atoms with Gasteiger partial charge < -0.3 is 4.90 Å². The molecule has 1 atom stereocenters. The SMILES string of the molecule is CCN(CCCC(C#N)(c1ccccc1F)C1CCCC1)CCc1ccccc1. The molecule has 0 saturated heterocycles. The van der Waals surface area contributed by atoms with Crippen molar-refractivity contribution in [3.05, 3.63) is 71.5 Å². The Morgan fingerprint density at radius 2 is 1.72 bits per heavy atom. The Kier molecular flexibility index (Phi) is 7.83. The van der Waals surface area contributed by atoms with Crippen molar-refractivity contribution < 1.29 is 4.39 Å². The van der Waals surface area contributed by atoms with Crippen LogP contribution in [0, 0.1) is 23.1 Å². The summed E-state index contributed by atoms with van der Waals surface area (Å²) in [5.74, 6) is 0.0428. The second-order valence-corrected chi connectivity index (χ2v) is 8.32. The molecule has 0 amide bonds. The number of hydrogen-bond donors (Lipinski definition) is 0. The second kappa shape index (κ2) is 10.6. The first-order valence-electron chi connectivity index (χ1n) is 11.1. The third-order valence-corrected chi connectivity index (χ3v) is 6.66. The monoisotopic (exact) mass is 392 g/mol. The number of nitrogens with zero attached hydrogens (tertiary/aromatic N) is 2. The zero-order valence-electron chi connectivity index (χ0n) is 17.6. The minimum absolute atomic E-state index is 0.225. The standard InChI is InChI=1S/C26H33FN2/c1-2-29(20-17-22-11-4-3-5-12-22)19-10-18-26(21-28,23-13-6-7-14-23)24-15-8-9-16-25(24)27/h3-5,8-9,11-12,15-16,23H,2,6-7,10,13-14,17-20H2,1H3. The Labute approximate surface area is 175 Å². The van der Waals surface area contributed by atoms with Crippen LogP contribution in [0.1, 0.15) is 56.6 Å². The van der Waals surface area contributed by atoms with E-state index in [9.17, 15) is 9.65 Å². The summed E-state index contributed by atoms with van der Waals surface area (Å²) in [6, 6.07) is 20.1. The number of rotatable bonds is 10. The van der Waals surface area contributed by atoms with Gasteiger partial charge in [-0.1, -0.05) is 68.3 Å². The summed E-state index contributed by atoms with van der Waals surface area (Å²) >= 11 is 0. The van der Waals surface area contributed by atoms with E-state index < -0.39 is 5.41 Å². The molecule has 0 spiro atoms. The van der Waals surface area contributed by atoms with Gasteiger partial charge in [0.2, 0.25) is 0 Å². The Morgan fingerprint density at radius 1 is 1.03 bits per heavy atom. The highest BCUT2D eigenvalue weighted by Gasteiger charge is 2.43. The molecule has 1 saturated carbocycles. The van der Waals surface area contributed by atoms with Gasteiger partial charge in [-0.25, -0.2) is 4.39 Å². The minimum Gasteiger partial charge on any atom is -0.303 e. The molecule has 0 heterocycles. The van der Waals surface area contributed by atoms with Crippen molar-refractivity contribution >= 4 is 0 Å². The summed E-state index contributed by atoms with van der Waals surface area (Å²) in [6.45, 7) is 5.16. The fourth-order valence-electron chi connectivity index (χ4n) is 4.95. The van der Waals surface area contributed by atoms with Crippen molar-refractivity contribution in [3.8, 4) is 6.07 Å². The van der Waals surface area contributed by atoms with Crippen LogP contribution in [0.25, 0.3) is 0 Å². The first kappa shape index (κ1) is 21.5. The van der Waals surface area contributed by atoms with Gasteiger partial charge in [0.25, 0.3) is 0 Å². The number of benzene rings is 2. The van der Waals surface area contributed by atoms with Gasteiger partial charge in [-0.15, -0.1) is 0 Å². The summed E-state index contributed by atoms with van der Waals surface area (Å²) in [6.07, 6.45) is 7.06. The van der Waals surface area contributed by atoms with Crippen LogP contribution in [0.3, 0.4) is 0 Å². The van der Waals surface area contributed by atoms with Crippen molar-refractivity contribution in [2.45, 2.75) is 57.3 Å². The highest BCUT2D eigenvalue weighted by molar-refractivity contribution is 5.35. The molecule has 2 aromatic carbocycles. The van der Waals surface area contributed by atoms with Gasteiger partial charge in [-0.3, -0.25) is 0 Å². The molecule has 3 rings (SSSR count). The van der Waals surface area contributed by atoms with E-state index in [0.717, 1.165) is 64.6 Å². The van der Waals surface area contributed by atoms with Crippen LogP contribution in [-0.2, 0) is 11.8 Å². The molecule has 0 aliphatic heterocycles. The Morgan fingerprint density at radius 3 is 2.38 bits per heavy atom. The molecule has 2 aromatic rings. The fourth-order valence-corrected chi connectivity index (χ4v) is 4.95. The van der Waals surface area contributed by atoms with Crippen LogP contribution >= 0.6 is 0 Å². The lowest BCUT2D eigenvalue weighted by molar-refractivity contribution is 0.252. The smallest absolute Gasteiger partial charge is 0.128 e. The highest BCUT2D eigenvalue weighted by atomic mass is 19.1. The summed E-state index contributed by atoms with van der Waals surface area (Å²) in [5.41, 5.74) is 1.28. The summed E-state index contributed by atoms with van der Waals surface area (Å²) < 4.78 is 14.7. The topological polar surface area (TPSA) is 27.0 Å². The quantitative estimate of drug-likeness (QED) is 0.487. The van der Waals surface area contributed by atoms with E-state index in [4.69, 9.17) is 0 Å². The van der Waals surface area contributed by atoms with Gasteiger partial charge >= 0.3 is 0 Å². The molecule has 154 valence electrons. The first-order chi connectivity index (χ1) is 14.2. The molecule has 0 N–H and O–H groups in total. The zero-order valence-corrected chi connectivity index (χ0v) is 17.6. The van der Waals surface area contributed by atoms with E-state index in [-0.39, 0.29) is 11.7 Å². The second-order valence-electron chi connectivity index (χ2n) is 8.32. The maximum absolute atomic E-state index is 14.7. The van der Waals surface area contributed by atoms with Gasteiger partial charge in [0.1, 0.15) is 5.82 Å². The molecule has 29 heavy (non-hydrogen) atoms. The van der Waals surface area contributed by atoms with E-state index in [1.807, 2.05) is 18.2 Å². The predicted octanol–water partition coefficient (Wildman–Crippen LogP) is 6.12. The van der Waals surface area contributed by atoms with Crippen molar-refractivity contribution in [1.29, 1.82) is 5.26 Å². The number of likely N-dealkylation sites (N-methyl/N-ethyl adjacent to an activating group) is 1. The first-order valence-corrected chi connectivity index (χ1v) is 11.1. The predicted molar refractivity (Wildman–Crippen MR) is 117 cm³/mol. The van der Waals surface area contributed by atoms with Gasteiger partial charge in [0.15, 0.2) is 0 Å². The Bertz CT molecular complexity index is 792. The molecule has 1 aliphatic carbocycles. The normalized spacial score (nSPS) is 16.6. The third-order valence-electron chi connectivity index (χ3n) is 6.66. The summed E-state index contributed by atoms with van der Waals surface area (Å²) in [7, 11) is 0. The van der Waals surface area contributed by atoms with Crippen molar-refractivity contribution in [2.24, 2.45) is 5.92 Å². The molecule has 1 aliphatic rings. The van der Waals surface area contributed by atoms with Gasteiger partial charge in [-0.05, 0) is 62.7 Å². The zero-order chi connectivity index (χ0) is 20.5. The molecule has 0 aromatic heterocycles. The molecule has 1 fully saturated rings. The van der Waals surface area contributed by atoms with Crippen LogP contribution < -0.4 is 0 Å².